The van der Waals surface area contributed by atoms with E-state index in [1.165, 1.54) is 25.7 Å². The standard InChI is InChI=1S/C17H25N3O/c1-11(2)21-15-10-6-9-14-16(15)19-17(18)20(14)13-8-5-4-7-12(13)3/h6,9-13H,4-5,7-8H2,1-3H3,(H2,18,19). The molecule has 0 spiro atoms. The Morgan fingerprint density at radius 1 is 1.29 bits per heavy atom. The number of anilines is 1. The first-order valence-corrected chi connectivity index (χ1v) is 8.01. The Hall–Kier alpha value is -1.71. The first-order chi connectivity index (χ1) is 10.1. The molecule has 1 saturated carbocycles. The van der Waals surface area contributed by atoms with Crippen LogP contribution in [0.3, 0.4) is 0 Å². The summed E-state index contributed by atoms with van der Waals surface area (Å²) in [5.74, 6) is 2.09. The van der Waals surface area contributed by atoms with Gasteiger partial charge in [-0.25, -0.2) is 4.98 Å². The number of hydrogen-bond donors (Lipinski definition) is 1. The molecule has 1 aliphatic rings. The SMILES string of the molecule is CC(C)Oc1cccc2c1nc(N)n2C1CCCCC1C. The molecule has 0 radical (unpaired) electrons. The van der Waals surface area contributed by atoms with Crippen LogP contribution in [0.15, 0.2) is 18.2 Å². The van der Waals surface area contributed by atoms with Crippen molar-refractivity contribution in [2.75, 3.05) is 5.73 Å². The van der Waals surface area contributed by atoms with Crippen molar-refractivity contribution in [1.82, 2.24) is 9.55 Å². The molecule has 114 valence electrons. The number of hydrogen-bond acceptors (Lipinski definition) is 3. The van der Waals surface area contributed by atoms with E-state index in [2.05, 4.69) is 22.5 Å². The number of ether oxygens (including phenoxy) is 1. The van der Waals surface area contributed by atoms with Crippen LogP contribution in [-0.2, 0) is 0 Å². The number of imidazole rings is 1. The predicted molar refractivity (Wildman–Crippen MR) is 86.6 cm³/mol. The van der Waals surface area contributed by atoms with Crippen molar-refractivity contribution < 1.29 is 4.74 Å². The minimum Gasteiger partial charge on any atom is -0.489 e. The maximum Gasteiger partial charge on any atom is 0.201 e. The molecule has 1 aromatic heterocycles. The lowest BCUT2D eigenvalue weighted by atomic mass is 9.85. The van der Waals surface area contributed by atoms with Gasteiger partial charge in [0.25, 0.3) is 0 Å². The molecule has 21 heavy (non-hydrogen) atoms. The van der Waals surface area contributed by atoms with Crippen molar-refractivity contribution in [1.29, 1.82) is 0 Å². The van der Waals surface area contributed by atoms with Gasteiger partial charge in [-0.2, -0.15) is 0 Å². The van der Waals surface area contributed by atoms with Crippen molar-refractivity contribution in [3.8, 4) is 5.75 Å². The third-order valence-electron chi connectivity index (χ3n) is 4.47. The summed E-state index contributed by atoms with van der Waals surface area (Å²) in [4.78, 5) is 4.59. The van der Waals surface area contributed by atoms with Crippen LogP contribution in [0.25, 0.3) is 11.0 Å². The molecule has 2 N–H and O–H groups in total. The fraction of sp³-hybridized carbons (Fsp3) is 0.588. The minimum absolute atomic E-state index is 0.135. The van der Waals surface area contributed by atoms with Gasteiger partial charge >= 0.3 is 0 Å². The highest BCUT2D eigenvalue weighted by Gasteiger charge is 2.26. The predicted octanol–water partition coefficient (Wildman–Crippen LogP) is 4.16. The van der Waals surface area contributed by atoms with Gasteiger partial charge in [0.2, 0.25) is 5.95 Å². The van der Waals surface area contributed by atoms with Crippen molar-refractivity contribution in [3.63, 3.8) is 0 Å². The molecule has 4 nitrogen and oxygen atoms in total. The maximum atomic E-state index is 6.24. The highest BCUT2D eigenvalue weighted by atomic mass is 16.5. The van der Waals surface area contributed by atoms with E-state index in [0.29, 0.717) is 17.9 Å². The summed E-state index contributed by atoms with van der Waals surface area (Å²) < 4.78 is 8.11. The molecule has 3 rings (SSSR count). The first-order valence-electron chi connectivity index (χ1n) is 8.01. The van der Waals surface area contributed by atoms with E-state index in [9.17, 15) is 0 Å². The number of nitrogen functional groups attached to an aromatic ring is 1. The Kier molecular flexibility index (Phi) is 3.79. The molecule has 0 aliphatic heterocycles. The number of benzene rings is 1. The lowest BCUT2D eigenvalue weighted by Gasteiger charge is -2.31. The van der Waals surface area contributed by atoms with Gasteiger partial charge in [0.15, 0.2) is 0 Å². The van der Waals surface area contributed by atoms with E-state index in [0.717, 1.165) is 16.8 Å². The highest BCUT2D eigenvalue weighted by molar-refractivity contribution is 5.84. The molecule has 1 heterocycles. The quantitative estimate of drug-likeness (QED) is 0.922. The van der Waals surface area contributed by atoms with Gasteiger partial charge in [-0.3, -0.25) is 0 Å². The number of nitrogens with two attached hydrogens (primary N) is 1. The highest BCUT2D eigenvalue weighted by Crippen LogP contribution is 2.39. The molecule has 2 unspecified atom stereocenters. The fourth-order valence-corrected chi connectivity index (χ4v) is 3.49. The molecule has 0 amide bonds. The van der Waals surface area contributed by atoms with Crippen LogP contribution in [0.5, 0.6) is 5.75 Å². The van der Waals surface area contributed by atoms with Gasteiger partial charge in [0.1, 0.15) is 11.3 Å². The van der Waals surface area contributed by atoms with E-state index < -0.39 is 0 Å². The summed E-state index contributed by atoms with van der Waals surface area (Å²) in [5.41, 5.74) is 8.23. The van der Waals surface area contributed by atoms with Crippen molar-refractivity contribution in [3.05, 3.63) is 18.2 Å². The Bertz CT molecular complexity index is 632. The number of para-hydroxylation sites is 1. The second-order valence-corrected chi connectivity index (χ2v) is 6.46. The number of rotatable bonds is 3. The van der Waals surface area contributed by atoms with Crippen molar-refractivity contribution >= 4 is 17.0 Å². The summed E-state index contributed by atoms with van der Waals surface area (Å²) >= 11 is 0. The van der Waals surface area contributed by atoms with Crippen LogP contribution in [0.2, 0.25) is 0 Å². The third kappa shape index (κ3) is 2.59. The van der Waals surface area contributed by atoms with Gasteiger partial charge in [-0.05, 0) is 44.7 Å². The lowest BCUT2D eigenvalue weighted by molar-refractivity contribution is 0.245. The summed E-state index contributed by atoms with van der Waals surface area (Å²) in [7, 11) is 0. The van der Waals surface area contributed by atoms with E-state index in [1.54, 1.807) is 0 Å². The summed E-state index contributed by atoms with van der Waals surface area (Å²) in [5, 5.41) is 0. The van der Waals surface area contributed by atoms with E-state index in [1.807, 2.05) is 26.0 Å². The molecule has 2 atom stereocenters. The normalized spacial score (nSPS) is 22.9. The van der Waals surface area contributed by atoms with Crippen molar-refractivity contribution in [2.45, 2.75) is 58.6 Å². The lowest BCUT2D eigenvalue weighted by Crippen LogP contribution is -2.22. The Balaban J connectivity index is 2.09. The van der Waals surface area contributed by atoms with E-state index >= 15 is 0 Å². The Labute approximate surface area is 126 Å². The molecule has 1 aliphatic carbocycles. The van der Waals surface area contributed by atoms with Crippen LogP contribution in [0.1, 0.15) is 52.5 Å². The van der Waals surface area contributed by atoms with Gasteiger partial charge < -0.3 is 15.0 Å². The monoisotopic (exact) mass is 287 g/mol. The van der Waals surface area contributed by atoms with E-state index in [4.69, 9.17) is 10.5 Å². The second-order valence-electron chi connectivity index (χ2n) is 6.46. The summed E-state index contributed by atoms with van der Waals surface area (Å²) in [6, 6.07) is 6.57. The average molecular weight is 287 g/mol. The zero-order valence-corrected chi connectivity index (χ0v) is 13.2. The topological polar surface area (TPSA) is 53.1 Å². The van der Waals surface area contributed by atoms with Crippen LogP contribution >= 0.6 is 0 Å². The fourth-order valence-electron chi connectivity index (χ4n) is 3.49. The smallest absolute Gasteiger partial charge is 0.201 e. The molecule has 0 bridgehead atoms. The van der Waals surface area contributed by atoms with E-state index in [-0.39, 0.29) is 6.10 Å². The first kappa shape index (κ1) is 14.2. The van der Waals surface area contributed by atoms with Gasteiger partial charge in [-0.15, -0.1) is 0 Å². The molecule has 2 aromatic rings. The van der Waals surface area contributed by atoms with Gasteiger partial charge in [0, 0.05) is 6.04 Å². The Morgan fingerprint density at radius 3 is 2.76 bits per heavy atom. The third-order valence-corrected chi connectivity index (χ3v) is 4.47. The minimum atomic E-state index is 0.135. The van der Waals surface area contributed by atoms with Crippen LogP contribution in [0.4, 0.5) is 5.95 Å². The van der Waals surface area contributed by atoms with Crippen LogP contribution in [-0.4, -0.2) is 15.7 Å². The van der Waals surface area contributed by atoms with Crippen molar-refractivity contribution in [2.24, 2.45) is 5.92 Å². The summed E-state index contributed by atoms with van der Waals surface area (Å²) in [6.45, 7) is 6.38. The van der Waals surface area contributed by atoms with Gasteiger partial charge in [-0.1, -0.05) is 25.8 Å². The maximum absolute atomic E-state index is 6.24. The number of nitrogens with zero attached hydrogens (tertiary/aromatic N) is 2. The molecule has 1 fully saturated rings. The largest absolute Gasteiger partial charge is 0.489 e. The zero-order valence-electron chi connectivity index (χ0n) is 13.2. The summed E-state index contributed by atoms with van der Waals surface area (Å²) in [6.07, 6.45) is 5.19. The van der Waals surface area contributed by atoms with Gasteiger partial charge in [0.05, 0.1) is 11.6 Å². The second kappa shape index (κ2) is 5.58. The molecule has 1 aromatic carbocycles. The molecular weight excluding hydrogens is 262 g/mol. The number of fused-ring (bicyclic) bond motifs is 1. The number of aromatic nitrogens is 2. The molecule has 4 heteroatoms. The Morgan fingerprint density at radius 2 is 2.05 bits per heavy atom. The average Bonchev–Trinajstić information content (AvgIpc) is 2.76. The zero-order chi connectivity index (χ0) is 15.0. The molecular formula is C17H25N3O. The van der Waals surface area contributed by atoms with Crippen LogP contribution in [0, 0.1) is 5.92 Å². The van der Waals surface area contributed by atoms with Crippen LogP contribution < -0.4 is 10.5 Å². The molecule has 0 saturated heterocycles.